The Morgan fingerprint density at radius 1 is 1.40 bits per heavy atom. The Bertz CT molecular complexity index is 639. The van der Waals surface area contributed by atoms with Crippen LogP contribution >= 0.6 is 23.2 Å². The molecule has 2 aromatic rings. The van der Waals surface area contributed by atoms with E-state index in [1.807, 2.05) is 0 Å². The number of nitrogens with zero attached hydrogens (tertiary/aromatic N) is 1. The second-order valence-corrected chi connectivity index (χ2v) is 4.51. The predicted molar refractivity (Wildman–Crippen MR) is 80.1 cm³/mol. The van der Waals surface area contributed by atoms with Crippen molar-refractivity contribution in [2.75, 3.05) is 11.2 Å². The van der Waals surface area contributed by atoms with Gasteiger partial charge in [-0.3, -0.25) is 4.79 Å². The van der Waals surface area contributed by atoms with Crippen molar-refractivity contribution in [2.45, 2.75) is 0 Å². The van der Waals surface area contributed by atoms with Crippen molar-refractivity contribution < 1.29 is 9.21 Å². The molecule has 0 aliphatic carbocycles. The summed E-state index contributed by atoms with van der Waals surface area (Å²) in [6.45, 7) is 0. The molecule has 0 saturated carbocycles. The van der Waals surface area contributed by atoms with Gasteiger partial charge in [0.2, 0.25) is 0 Å². The van der Waals surface area contributed by atoms with Crippen LogP contribution in [0.4, 0.5) is 11.4 Å². The van der Waals surface area contributed by atoms with E-state index in [0.717, 1.165) is 0 Å². The molecule has 0 unspecified atom stereocenters. The number of halogens is 2. The normalized spacial score (nSPS) is 11.4. The van der Waals surface area contributed by atoms with Gasteiger partial charge >= 0.3 is 0 Å². The van der Waals surface area contributed by atoms with Gasteiger partial charge in [-0.2, -0.15) is 0 Å². The van der Waals surface area contributed by atoms with Gasteiger partial charge in [0.25, 0.3) is 5.91 Å². The molecule has 0 aliphatic rings. The van der Waals surface area contributed by atoms with Crippen molar-refractivity contribution in [3.8, 4) is 0 Å². The number of alkyl halides is 1. The molecule has 0 spiro atoms. The van der Waals surface area contributed by atoms with Crippen molar-refractivity contribution >= 4 is 46.3 Å². The van der Waals surface area contributed by atoms with Gasteiger partial charge in [-0.25, -0.2) is 4.99 Å². The van der Waals surface area contributed by atoms with E-state index in [-0.39, 0.29) is 17.5 Å². The zero-order chi connectivity index (χ0) is 14.5. The SMILES string of the molecule is NC(CCl)=Nc1ccc(Cl)c(NC(=O)c2ccco2)c1. The van der Waals surface area contributed by atoms with Crippen molar-refractivity contribution in [3.63, 3.8) is 0 Å². The molecule has 7 heteroatoms. The molecule has 5 nitrogen and oxygen atoms in total. The molecule has 1 amide bonds. The lowest BCUT2D eigenvalue weighted by Gasteiger charge is -2.07. The summed E-state index contributed by atoms with van der Waals surface area (Å²) >= 11 is 11.6. The molecule has 0 bridgehead atoms. The Hall–Kier alpha value is -1.98. The molecule has 1 heterocycles. The largest absolute Gasteiger partial charge is 0.459 e. The summed E-state index contributed by atoms with van der Waals surface area (Å²) < 4.78 is 5.00. The second kappa shape index (κ2) is 6.45. The van der Waals surface area contributed by atoms with Crippen LogP contribution in [0.1, 0.15) is 10.6 Å². The Morgan fingerprint density at radius 3 is 2.85 bits per heavy atom. The number of nitrogens with one attached hydrogen (secondary N) is 1. The molecule has 2 rings (SSSR count). The highest BCUT2D eigenvalue weighted by Crippen LogP contribution is 2.27. The second-order valence-electron chi connectivity index (χ2n) is 3.83. The van der Waals surface area contributed by atoms with Crippen molar-refractivity contribution in [2.24, 2.45) is 10.7 Å². The van der Waals surface area contributed by atoms with E-state index in [1.54, 1.807) is 30.3 Å². The van der Waals surface area contributed by atoms with Gasteiger partial charge in [0.15, 0.2) is 5.76 Å². The van der Waals surface area contributed by atoms with Crippen molar-refractivity contribution in [3.05, 3.63) is 47.4 Å². The number of carbonyl (C=O) groups is 1. The number of aliphatic imine (C=N–C) groups is 1. The number of carbonyl (C=O) groups excluding carboxylic acids is 1. The molecule has 0 fully saturated rings. The molecular weight excluding hydrogens is 301 g/mol. The zero-order valence-electron chi connectivity index (χ0n) is 10.3. The first kappa shape index (κ1) is 14.4. The molecule has 0 aliphatic heterocycles. The fourth-order valence-electron chi connectivity index (χ4n) is 1.47. The summed E-state index contributed by atoms with van der Waals surface area (Å²) in [6.07, 6.45) is 1.42. The van der Waals surface area contributed by atoms with E-state index in [4.69, 9.17) is 33.4 Å². The van der Waals surface area contributed by atoms with Crippen LogP contribution < -0.4 is 11.1 Å². The van der Waals surface area contributed by atoms with Crippen LogP contribution in [-0.4, -0.2) is 17.6 Å². The van der Waals surface area contributed by atoms with Gasteiger partial charge in [-0.05, 0) is 30.3 Å². The first-order chi connectivity index (χ1) is 9.60. The number of anilines is 1. The number of rotatable bonds is 4. The molecule has 20 heavy (non-hydrogen) atoms. The molecule has 104 valence electrons. The number of amides is 1. The maximum Gasteiger partial charge on any atom is 0.291 e. The number of benzene rings is 1. The predicted octanol–water partition coefficient (Wildman–Crippen LogP) is 3.41. The number of hydrogen-bond acceptors (Lipinski definition) is 3. The van der Waals surface area contributed by atoms with Crippen LogP contribution in [0.5, 0.6) is 0 Å². The van der Waals surface area contributed by atoms with Crippen LogP contribution in [0.25, 0.3) is 0 Å². The van der Waals surface area contributed by atoms with E-state index in [1.165, 1.54) is 6.26 Å². The lowest BCUT2D eigenvalue weighted by Crippen LogP contribution is -2.12. The van der Waals surface area contributed by atoms with Gasteiger partial charge < -0.3 is 15.5 Å². The average molecular weight is 312 g/mol. The maximum atomic E-state index is 11.9. The van der Waals surface area contributed by atoms with Crippen LogP contribution in [0.2, 0.25) is 5.02 Å². The Labute approximate surface area is 125 Å². The minimum atomic E-state index is -0.400. The lowest BCUT2D eigenvalue weighted by atomic mass is 10.2. The Kier molecular flexibility index (Phi) is 4.65. The summed E-state index contributed by atoms with van der Waals surface area (Å²) in [4.78, 5) is 16.0. The minimum Gasteiger partial charge on any atom is -0.459 e. The van der Waals surface area contributed by atoms with E-state index < -0.39 is 5.91 Å². The first-order valence-electron chi connectivity index (χ1n) is 5.63. The minimum absolute atomic E-state index is 0.122. The highest BCUT2D eigenvalue weighted by molar-refractivity contribution is 6.34. The third-order valence-corrected chi connectivity index (χ3v) is 2.96. The smallest absolute Gasteiger partial charge is 0.291 e. The van der Waals surface area contributed by atoms with E-state index in [0.29, 0.717) is 16.4 Å². The number of furan rings is 1. The van der Waals surface area contributed by atoms with Gasteiger partial charge in [0, 0.05) is 0 Å². The van der Waals surface area contributed by atoms with Gasteiger partial charge in [-0.1, -0.05) is 11.6 Å². The van der Waals surface area contributed by atoms with Gasteiger partial charge in [-0.15, -0.1) is 11.6 Å². The number of hydrogen-bond donors (Lipinski definition) is 2. The quantitative estimate of drug-likeness (QED) is 0.516. The van der Waals surface area contributed by atoms with Crippen LogP contribution in [0.3, 0.4) is 0 Å². The Balaban J connectivity index is 2.23. The van der Waals surface area contributed by atoms with E-state index >= 15 is 0 Å². The monoisotopic (exact) mass is 311 g/mol. The van der Waals surface area contributed by atoms with Crippen LogP contribution in [0.15, 0.2) is 46.0 Å². The van der Waals surface area contributed by atoms with Crippen molar-refractivity contribution in [1.29, 1.82) is 0 Å². The number of amidine groups is 1. The summed E-state index contributed by atoms with van der Waals surface area (Å²) in [5.74, 6) is 0.187. The molecule has 1 aromatic carbocycles. The maximum absolute atomic E-state index is 11.9. The summed E-state index contributed by atoms with van der Waals surface area (Å²) in [5.41, 5.74) is 6.51. The third kappa shape index (κ3) is 3.53. The molecule has 0 saturated heterocycles. The number of nitrogens with two attached hydrogens (primary N) is 1. The standard InChI is InChI=1S/C13H11Cl2N3O2/c14-7-12(16)17-8-3-4-9(15)10(6-8)18-13(19)11-2-1-5-20-11/h1-6H,7H2,(H2,16,17)(H,18,19). The highest BCUT2D eigenvalue weighted by Gasteiger charge is 2.11. The topological polar surface area (TPSA) is 80.6 Å². The van der Waals surface area contributed by atoms with Crippen LogP contribution in [-0.2, 0) is 0 Å². The fourth-order valence-corrected chi connectivity index (χ4v) is 1.69. The average Bonchev–Trinajstić information content (AvgIpc) is 2.96. The summed E-state index contributed by atoms with van der Waals surface area (Å²) in [5, 5.41) is 3.02. The van der Waals surface area contributed by atoms with Gasteiger partial charge in [0.05, 0.1) is 28.5 Å². The summed E-state index contributed by atoms with van der Waals surface area (Å²) in [6, 6.07) is 8.06. The van der Waals surface area contributed by atoms with E-state index in [2.05, 4.69) is 10.3 Å². The van der Waals surface area contributed by atoms with Crippen molar-refractivity contribution in [1.82, 2.24) is 0 Å². The van der Waals surface area contributed by atoms with E-state index in [9.17, 15) is 4.79 Å². The molecule has 1 aromatic heterocycles. The molecule has 3 N–H and O–H groups in total. The fraction of sp³-hybridized carbons (Fsp3) is 0.0769. The first-order valence-corrected chi connectivity index (χ1v) is 6.55. The van der Waals surface area contributed by atoms with Gasteiger partial charge in [0.1, 0.15) is 5.84 Å². The lowest BCUT2D eigenvalue weighted by molar-refractivity contribution is 0.0996. The summed E-state index contributed by atoms with van der Waals surface area (Å²) in [7, 11) is 0. The molecule has 0 radical (unpaired) electrons. The highest BCUT2D eigenvalue weighted by atomic mass is 35.5. The molecular formula is C13H11Cl2N3O2. The Morgan fingerprint density at radius 2 is 2.20 bits per heavy atom. The third-order valence-electron chi connectivity index (χ3n) is 2.35. The van der Waals surface area contributed by atoms with Crippen LogP contribution in [0, 0.1) is 0 Å². The molecule has 0 atom stereocenters. The zero-order valence-corrected chi connectivity index (χ0v) is 11.8.